The zero-order valence-corrected chi connectivity index (χ0v) is 17.9. The average Bonchev–Trinajstić information content (AvgIpc) is 3.28. The third-order valence-electron chi connectivity index (χ3n) is 4.01. The molecule has 0 aliphatic carbocycles. The summed E-state index contributed by atoms with van der Waals surface area (Å²) in [6, 6.07) is 15.6. The molecule has 154 valence electrons. The van der Waals surface area contributed by atoms with Crippen molar-refractivity contribution < 1.29 is 19.1 Å². The number of hydrogen-bond donors (Lipinski definition) is 3. The van der Waals surface area contributed by atoms with Gasteiger partial charge < -0.3 is 20.1 Å². The van der Waals surface area contributed by atoms with E-state index in [1.165, 1.54) is 25.6 Å². The largest absolute Gasteiger partial charge is 0.496 e. The first-order valence-corrected chi connectivity index (χ1v) is 10.1. The fourth-order valence-electron chi connectivity index (χ4n) is 2.68. The van der Waals surface area contributed by atoms with Crippen molar-refractivity contribution in [2.75, 3.05) is 24.9 Å². The van der Waals surface area contributed by atoms with E-state index in [1.54, 1.807) is 48.5 Å². The Balaban J connectivity index is 1.67. The average molecular weight is 442 g/mol. The minimum absolute atomic E-state index is 0.0923. The minimum atomic E-state index is -0.469. The highest BCUT2D eigenvalue weighted by atomic mass is 32.1. The fraction of sp³-hybridized carbons (Fsp3) is 0.0952. The number of rotatable bonds is 6. The zero-order chi connectivity index (χ0) is 21.5. The molecule has 0 saturated carbocycles. The van der Waals surface area contributed by atoms with Gasteiger partial charge in [-0.3, -0.25) is 14.9 Å². The first-order chi connectivity index (χ1) is 14.5. The van der Waals surface area contributed by atoms with Crippen LogP contribution >= 0.6 is 23.6 Å². The van der Waals surface area contributed by atoms with E-state index in [2.05, 4.69) is 16.0 Å². The second kappa shape index (κ2) is 9.86. The van der Waals surface area contributed by atoms with Crippen LogP contribution in [-0.4, -0.2) is 31.1 Å². The minimum Gasteiger partial charge on any atom is -0.496 e. The molecule has 1 heterocycles. The molecule has 0 bridgehead atoms. The molecule has 1 aromatic heterocycles. The van der Waals surface area contributed by atoms with Gasteiger partial charge in [0.1, 0.15) is 17.1 Å². The summed E-state index contributed by atoms with van der Waals surface area (Å²) in [4.78, 5) is 25.5. The van der Waals surface area contributed by atoms with Gasteiger partial charge in [0.25, 0.3) is 11.8 Å². The molecular formula is C21H19N3O4S2. The normalized spacial score (nSPS) is 10.1. The van der Waals surface area contributed by atoms with Crippen LogP contribution in [-0.2, 0) is 0 Å². The molecule has 3 rings (SSSR count). The van der Waals surface area contributed by atoms with Gasteiger partial charge in [-0.05, 0) is 54.0 Å². The van der Waals surface area contributed by atoms with Crippen molar-refractivity contribution in [2.45, 2.75) is 0 Å². The third kappa shape index (κ3) is 5.13. The van der Waals surface area contributed by atoms with Crippen LogP contribution in [0.4, 0.5) is 11.4 Å². The number of carbonyl (C=O) groups is 2. The summed E-state index contributed by atoms with van der Waals surface area (Å²) in [7, 11) is 2.94. The van der Waals surface area contributed by atoms with Crippen molar-refractivity contribution in [3.05, 3.63) is 70.4 Å². The predicted octanol–water partition coefficient (Wildman–Crippen LogP) is 4.14. The van der Waals surface area contributed by atoms with Crippen molar-refractivity contribution in [3.8, 4) is 11.5 Å². The monoisotopic (exact) mass is 441 g/mol. The highest BCUT2D eigenvalue weighted by molar-refractivity contribution is 7.80. The van der Waals surface area contributed by atoms with Gasteiger partial charge in [0, 0.05) is 11.4 Å². The molecular weight excluding hydrogens is 422 g/mol. The summed E-state index contributed by atoms with van der Waals surface area (Å²) < 4.78 is 10.5. The summed E-state index contributed by atoms with van der Waals surface area (Å²) in [6.07, 6.45) is 0. The van der Waals surface area contributed by atoms with Crippen molar-refractivity contribution >= 4 is 51.9 Å². The Hall–Kier alpha value is -3.43. The number of thiocarbonyl (C=S) groups is 1. The maximum atomic E-state index is 12.7. The van der Waals surface area contributed by atoms with Crippen molar-refractivity contribution in [3.63, 3.8) is 0 Å². The Bertz CT molecular complexity index is 1050. The lowest BCUT2D eigenvalue weighted by Gasteiger charge is -2.14. The molecule has 0 spiro atoms. The van der Waals surface area contributed by atoms with E-state index < -0.39 is 5.91 Å². The first-order valence-electron chi connectivity index (χ1n) is 8.80. The second-order valence-corrected chi connectivity index (χ2v) is 7.31. The van der Waals surface area contributed by atoms with E-state index in [1.807, 2.05) is 11.4 Å². The smallest absolute Gasteiger partial charge is 0.265 e. The number of carbonyl (C=O) groups excluding carboxylic acids is 2. The summed E-state index contributed by atoms with van der Waals surface area (Å²) in [5.74, 6) is 0.0751. The van der Waals surface area contributed by atoms with Crippen LogP contribution in [0.25, 0.3) is 0 Å². The molecule has 0 aliphatic heterocycles. The quantitative estimate of drug-likeness (QED) is 0.498. The van der Waals surface area contributed by atoms with Crippen molar-refractivity contribution in [1.29, 1.82) is 0 Å². The maximum Gasteiger partial charge on any atom is 0.265 e. The van der Waals surface area contributed by atoms with Crippen LogP contribution < -0.4 is 25.4 Å². The Kier molecular flexibility index (Phi) is 6.99. The first kappa shape index (κ1) is 21.3. The van der Waals surface area contributed by atoms with Crippen LogP contribution in [0.1, 0.15) is 20.0 Å². The number of thiophene rings is 1. The standard InChI is InChI=1S/C21H19N3O4S2/c1-27-15-8-4-9-16(28-2)18(15)20(26)24-21(29)23-14-7-3-6-13(12-14)22-19(25)17-10-5-11-30-17/h3-12H,1-2H3,(H,22,25)(H2,23,24,26,29). The number of ether oxygens (including phenoxy) is 2. The molecule has 0 fully saturated rings. The predicted molar refractivity (Wildman–Crippen MR) is 122 cm³/mol. The lowest BCUT2D eigenvalue weighted by molar-refractivity contribution is 0.0970. The van der Waals surface area contributed by atoms with Gasteiger partial charge in [0.2, 0.25) is 0 Å². The van der Waals surface area contributed by atoms with Gasteiger partial charge in [-0.25, -0.2) is 0 Å². The highest BCUT2D eigenvalue weighted by Crippen LogP contribution is 2.28. The highest BCUT2D eigenvalue weighted by Gasteiger charge is 2.19. The van der Waals surface area contributed by atoms with Gasteiger partial charge in [-0.2, -0.15) is 0 Å². The SMILES string of the molecule is COc1cccc(OC)c1C(=O)NC(=S)Nc1cccc(NC(=O)c2cccs2)c1. The summed E-state index contributed by atoms with van der Waals surface area (Å²) in [5, 5.41) is 10.3. The summed E-state index contributed by atoms with van der Waals surface area (Å²) >= 11 is 6.62. The molecule has 0 atom stereocenters. The summed E-state index contributed by atoms with van der Waals surface area (Å²) in [6.45, 7) is 0. The lowest BCUT2D eigenvalue weighted by atomic mass is 10.1. The third-order valence-corrected chi connectivity index (χ3v) is 5.08. The number of anilines is 2. The van der Waals surface area contributed by atoms with Crippen molar-refractivity contribution in [1.82, 2.24) is 5.32 Å². The summed E-state index contributed by atoms with van der Waals surface area (Å²) in [5.41, 5.74) is 1.44. The molecule has 0 unspecified atom stereocenters. The Morgan fingerprint density at radius 3 is 2.10 bits per heavy atom. The molecule has 9 heteroatoms. The molecule has 0 saturated heterocycles. The second-order valence-electron chi connectivity index (χ2n) is 5.96. The number of methoxy groups -OCH3 is 2. The van der Waals surface area contributed by atoms with Crippen LogP contribution in [0.15, 0.2) is 60.0 Å². The van der Waals surface area contributed by atoms with Gasteiger partial charge >= 0.3 is 0 Å². The molecule has 3 N–H and O–H groups in total. The lowest BCUT2D eigenvalue weighted by Crippen LogP contribution is -2.34. The molecule has 30 heavy (non-hydrogen) atoms. The van der Waals surface area contributed by atoms with Gasteiger partial charge in [-0.15, -0.1) is 11.3 Å². The van der Waals surface area contributed by atoms with E-state index in [0.29, 0.717) is 27.8 Å². The van der Waals surface area contributed by atoms with Crippen LogP contribution in [0.3, 0.4) is 0 Å². The van der Waals surface area contributed by atoms with E-state index >= 15 is 0 Å². The number of hydrogen-bond acceptors (Lipinski definition) is 6. The van der Waals surface area contributed by atoms with Crippen LogP contribution in [0, 0.1) is 0 Å². The van der Waals surface area contributed by atoms with E-state index in [4.69, 9.17) is 21.7 Å². The maximum absolute atomic E-state index is 12.7. The van der Waals surface area contributed by atoms with Crippen LogP contribution in [0.5, 0.6) is 11.5 Å². The molecule has 0 radical (unpaired) electrons. The molecule has 2 amide bonds. The molecule has 2 aromatic carbocycles. The Morgan fingerprint density at radius 1 is 0.867 bits per heavy atom. The van der Waals surface area contributed by atoms with E-state index in [9.17, 15) is 9.59 Å². The van der Waals surface area contributed by atoms with Gasteiger partial charge in [0.15, 0.2) is 5.11 Å². The fourth-order valence-corrected chi connectivity index (χ4v) is 3.51. The molecule has 7 nitrogen and oxygen atoms in total. The number of amides is 2. The Morgan fingerprint density at radius 2 is 1.50 bits per heavy atom. The van der Waals surface area contributed by atoms with E-state index in [-0.39, 0.29) is 16.6 Å². The van der Waals surface area contributed by atoms with Gasteiger partial charge in [-0.1, -0.05) is 18.2 Å². The van der Waals surface area contributed by atoms with Gasteiger partial charge in [0.05, 0.1) is 19.1 Å². The Labute approximate surface area is 183 Å². The number of benzene rings is 2. The van der Waals surface area contributed by atoms with Crippen molar-refractivity contribution in [2.24, 2.45) is 0 Å². The number of nitrogens with one attached hydrogen (secondary N) is 3. The van der Waals surface area contributed by atoms with Crippen LogP contribution in [0.2, 0.25) is 0 Å². The molecule has 0 aliphatic rings. The molecule has 3 aromatic rings. The zero-order valence-electron chi connectivity index (χ0n) is 16.2. The van der Waals surface area contributed by atoms with E-state index in [0.717, 1.165) is 0 Å². The topological polar surface area (TPSA) is 88.7 Å².